The molecule has 2 heterocycles. The Morgan fingerprint density at radius 3 is 1.67 bits per heavy atom. The summed E-state index contributed by atoms with van der Waals surface area (Å²) in [6.45, 7) is 16.1. The van der Waals surface area contributed by atoms with Gasteiger partial charge in [-0.1, -0.05) is 100.0 Å². The number of piperidine rings is 1. The number of halogens is 4. The summed E-state index contributed by atoms with van der Waals surface area (Å²) in [6, 6.07) is -7.14. The molecule has 0 unspecified atom stereocenters. The molecular formula is C70H112F4N12O12. The molecule has 2 aliphatic heterocycles. The molecule has 0 radical (unpaired) electrons. The third-order valence-electron chi connectivity index (χ3n) is 19.6. The summed E-state index contributed by atoms with van der Waals surface area (Å²) >= 11 is 0. The highest BCUT2D eigenvalue weighted by Crippen LogP contribution is 2.33. The van der Waals surface area contributed by atoms with Crippen LogP contribution in [0.1, 0.15) is 177 Å². The highest BCUT2D eigenvalue weighted by atomic mass is 19.4. The Hall–Kier alpha value is -7.42. The number of nitrogens with zero attached hydrogens (tertiary/aromatic N) is 8. The molecule has 28 heteroatoms. The predicted octanol–water partition coefficient (Wildman–Crippen LogP) is 5.38. The largest absolute Gasteiger partial charge is 0.419 e. The van der Waals surface area contributed by atoms with Crippen molar-refractivity contribution in [2.24, 2.45) is 29.6 Å². The minimum atomic E-state index is -5.01. The minimum Gasteiger partial charge on any atom is -0.343 e. The molecule has 4 N–H and O–H groups in total. The number of hydrogen-bond donors (Lipinski definition) is 4. The van der Waals surface area contributed by atoms with Crippen LogP contribution in [0.25, 0.3) is 0 Å². The summed E-state index contributed by atoms with van der Waals surface area (Å²) in [6.07, 6.45) is 0.802. The van der Waals surface area contributed by atoms with Crippen molar-refractivity contribution in [3.63, 3.8) is 0 Å². The van der Waals surface area contributed by atoms with E-state index >= 15 is 4.79 Å². The standard InChI is InChI=1S/C70H112F4N12O12/c1-18-45(8)60-67(97)81(13)40-58(89)79(11)41-59(90)83(15)54(37-46-25-21-19-22-26-46)65(95)80(12)39-56(87)75-50(30-28-47-27-29-48(49(71)36-47)70(72,73)74)61(91)76-52(34-43(4)5)64(94)85(17)69(9,10)68(98)77-51(33-42(2)3)63(93)84(16)55(66(96)86-31-23-20-24-32-86)38-57(88)82(14)53(35-44(6)7)62(92)78-60/h27,29,36,42-46,50-55,60H,18-26,28,30-35,37-41H2,1-17H3,(H,75,87)(H,76,91)(H,77,98)(H,78,92)/t45-,50-,51-,52-,53-,54-,55-,60-/m0/s1. The van der Waals surface area contributed by atoms with E-state index in [1.807, 2.05) is 34.6 Å². The molecule has 8 atom stereocenters. The summed E-state index contributed by atoms with van der Waals surface area (Å²) in [5, 5.41) is 11.0. The SMILES string of the molecule is CC[C@H](C)[C@@H]1NC(=O)[C@H](CC(C)C)N(C)C(=O)C[C@@H](C(=O)N2CCCCC2)N(C)C(=O)[C@H](CC(C)C)NC(=O)C(C)(C)N(C)C(=O)[C@H](CC(C)C)NC(=O)[C@H](CCc2ccc(C(F)(F)F)c(F)c2)NC(=O)CN(C)C(=O)[C@H](CC2CCCCC2)N(C)C(=O)CN(C)C(=O)CN(C)C1=O. The van der Waals surface area contributed by atoms with Crippen LogP contribution < -0.4 is 21.3 Å². The van der Waals surface area contributed by atoms with Crippen molar-refractivity contribution < 1.29 is 75.1 Å². The van der Waals surface area contributed by atoms with Gasteiger partial charge in [0.25, 0.3) is 0 Å². The molecule has 3 fully saturated rings. The number of rotatable bonds is 14. The first kappa shape index (κ1) is 83.0. The van der Waals surface area contributed by atoms with Crippen LogP contribution in [0.5, 0.6) is 0 Å². The Balaban J connectivity index is 1.89. The number of hydrogen-bond acceptors (Lipinski definition) is 12. The van der Waals surface area contributed by atoms with Gasteiger partial charge >= 0.3 is 6.18 Å². The van der Waals surface area contributed by atoms with Crippen molar-refractivity contribution in [3.8, 4) is 0 Å². The molecule has 1 saturated carbocycles. The van der Waals surface area contributed by atoms with Crippen molar-refractivity contribution in [2.75, 3.05) is 82.1 Å². The fourth-order valence-electron chi connectivity index (χ4n) is 12.8. The minimum absolute atomic E-state index is 0.00973. The smallest absolute Gasteiger partial charge is 0.343 e. The van der Waals surface area contributed by atoms with Crippen molar-refractivity contribution in [1.29, 1.82) is 0 Å². The second-order valence-corrected chi connectivity index (χ2v) is 29.2. The summed E-state index contributed by atoms with van der Waals surface area (Å²) in [4.78, 5) is 186. The molecule has 3 aliphatic rings. The second kappa shape index (κ2) is 37.1. The number of alkyl halides is 3. The molecule has 0 aromatic heterocycles. The number of carbonyl (C=O) groups excluding carboxylic acids is 12. The maximum Gasteiger partial charge on any atom is 0.419 e. The molecule has 1 aliphatic carbocycles. The van der Waals surface area contributed by atoms with Crippen molar-refractivity contribution in [3.05, 3.63) is 35.1 Å². The number of carbonyl (C=O) groups is 12. The third-order valence-corrected chi connectivity index (χ3v) is 19.6. The first-order chi connectivity index (χ1) is 45.6. The fourth-order valence-corrected chi connectivity index (χ4v) is 12.8. The summed E-state index contributed by atoms with van der Waals surface area (Å²) in [7, 11) is 9.54. The molecule has 4 rings (SSSR count). The van der Waals surface area contributed by atoms with Crippen LogP contribution in [-0.4, -0.2) is 240 Å². The zero-order valence-corrected chi connectivity index (χ0v) is 61.0. The quantitative estimate of drug-likeness (QED) is 0.171. The van der Waals surface area contributed by atoms with Gasteiger partial charge < -0.3 is 60.5 Å². The van der Waals surface area contributed by atoms with Gasteiger partial charge in [0.1, 0.15) is 53.6 Å². The van der Waals surface area contributed by atoms with Crippen LogP contribution in [-0.2, 0) is 70.1 Å². The first-order valence-electron chi connectivity index (χ1n) is 34.8. The predicted molar refractivity (Wildman–Crippen MR) is 361 cm³/mol. The second-order valence-electron chi connectivity index (χ2n) is 29.2. The Kier molecular flexibility index (Phi) is 31.5. The molecule has 0 bridgehead atoms. The number of amides is 12. The molecule has 24 nitrogen and oxygen atoms in total. The van der Waals surface area contributed by atoms with Crippen LogP contribution in [0.3, 0.4) is 0 Å². The molecule has 1 aromatic rings. The van der Waals surface area contributed by atoms with Gasteiger partial charge in [-0.05, 0) is 119 Å². The van der Waals surface area contributed by atoms with Crippen LogP contribution in [0.15, 0.2) is 18.2 Å². The number of benzene rings is 1. The highest BCUT2D eigenvalue weighted by Gasteiger charge is 2.45. The average molecular weight is 1390 g/mol. The molecule has 98 heavy (non-hydrogen) atoms. The summed E-state index contributed by atoms with van der Waals surface area (Å²) in [5.41, 5.74) is -3.30. The fraction of sp³-hybridized carbons (Fsp3) is 0.743. The first-order valence-corrected chi connectivity index (χ1v) is 34.8. The van der Waals surface area contributed by atoms with E-state index in [1.165, 1.54) is 73.0 Å². The van der Waals surface area contributed by atoms with E-state index in [0.717, 1.165) is 69.1 Å². The lowest BCUT2D eigenvalue weighted by atomic mass is 9.84. The van der Waals surface area contributed by atoms with Gasteiger partial charge in [-0.2, -0.15) is 13.2 Å². The Bertz CT molecular complexity index is 2970. The Morgan fingerprint density at radius 1 is 0.582 bits per heavy atom. The van der Waals surface area contributed by atoms with Crippen LogP contribution >= 0.6 is 0 Å². The van der Waals surface area contributed by atoms with Gasteiger partial charge in [0.05, 0.1) is 31.6 Å². The molecule has 12 amide bonds. The van der Waals surface area contributed by atoms with Gasteiger partial charge in [0.2, 0.25) is 70.9 Å². The molecule has 2 saturated heterocycles. The van der Waals surface area contributed by atoms with E-state index < -0.39 is 168 Å². The lowest BCUT2D eigenvalue weighted by molar-refractivity contribution is -0.152. The number of aryl methyl sites for hydroxylation is 1. The summed E-state index contributed by atoms with van der Waals surface area (Å²) in [5.74, 6) is -11.6. The maximum atomic E-state index is 15.1. The summed E-state index contributed by atoms with van der Waals surface area (Å²) < 4.78 is 56.0. The third kappa shape index (κ3) is 23.4. The normalized spacial score (nSPS) is 24.9. The number of nitrogens with one attached hydrogen (secondary N) is 4. The van der Waals surface area contributed by atoms with E-state index in [-0.39, 0.29) is 67.8 Å². The van der Waals surface area contributed by atoms with Crippen molar-refractivity contribution in [2.45, 2.75) is 226 Å². The lowest BCUT2D eigenvalue weighted by Crippen LogP contribution is -2.63. The van der Waals surface area contributed by atoms with Crippen LogP contribution in [0.4, 0.5) is 17.6 Å². The van der Waals surface area contributed by atoms with Crippen molar-refractivity contribution >= 4 is 70.9 Å². The van der Waals surface area contributed by atoms with E-state index in [4.69, 9.17) is 0 Å². The maximum absolute atomic E-state index is 15.1. The highest BCUT2D eigenvalue weighted by molar-refractivity contribution is 6.00. The molecule has 552 valence electrons. The van der Waals surface area contributed by atoms with Gasteiger partial charge in [0.15, 0.2) is 0 Å². The monoisotopic (exact) mass is 1390 g/mol. The zero-order valence-electron chi connectivity index (χ0n) is 61.0. The number of likely N-dealkylation sites (N-methyl/N-ethyl adjacent to an activating group) is 7. The van der Waals surface area contributed by atoms with Crippen LogP contribution in [0, 0.1) is 35.4 Å². The zero-order chi connectivity index (χ0) is 74.0. The van der Waals surface area contributed by atoms with E-state index in [2.05, 4.69) is 21.3 Å². The van der Waals surface area contributed by atoms with Gasteiger partial charge in [-0.25, -0.2) is 4.39 Å². The Labute approximate surface area is 577 Å². The van der Waals surface area contributed by atoms with Gasteiger partial charge in [-0.3, -0.25) is 57.5 Å². The van der Waals surface area contributed by atoms with Crippen molar-refractivity contribution in [1.82, 2.24) is 60.5 Å². The van der Waals surface area contributed by atoms with E-state index in [0.29, 0.717) is 44.5 Å². The Morgan fingerprint density at radius 2 is 1.12 bits per heavy atom. The number of likely N-dealkylation sites (tertiary alicyclic amines) is 1. The average Bonchev–Trinajstić information content (AvgIpc) is 0.819. The topological polar surface area (TPSA) is 279 Å². The van der Waals surface area contributed by atoms with Gasteiger partial charge in [-0.15, -0.1) is 0 Å². The lowest BCUT2D eigenvalue weighted by Gasteiger charge is -2.39. The van der Waals surface area contributed by atoms with Gasteiger partial charge in [0, 0.05) is 62.4 Å². The van der Waals surface area contributed by atoms with E-state index in [1.54, 1.807) is 25.7 Å². The molecule has 1 aromatic carbocycles. The van der Waals surface area contributed by atoms with Crippen LogP contribution in [0.2, 0.25) is 0 Å². The molecule has 0 spiro atoms. The molecular weight excluding hydrogens is 1280 g/mol. The van der Waals surface area contributed by atoms with E-state index in [9.17, 15) is 70.3 Å².